The lowest BCUT2D eigenvalue weighted by atomic mass is 9.53. The van der Waals surface area contributed by atoms with Crippen molar-refractivity contribution in [1.82, 2.24) is 10.2 Å². The van der Waals surface area contributed by atoms with Crippen LogP contribution < -0.4 is 0 Å². The number of aromatic nitrogens is 2. The van der Waals surface area contributed by atoms with E-state index in [1.165, 1.54) is 100 Å². The van der Waals surface area contributed by atoms with Gasteiger partial charge in [0.15, 0.2) is 0 Å². The van der Waals surface area contributed by atoms with Crippen LogP contribution in [0.3, 0.4) is 0 Å². The van der Waals surface area contributed by atoms with Crippen LogP contribution in [0.2, 0.25) is 0 Å². The number of rotatable bonds is 7. The third-order valence-corrected chi connectivity index (χ3v) is 20.5. The van der Waals surface area contributed by atoms with Gasteiger partial charge in [-0.1, -0.05) is 276 Å². The molecule has 0 amide bonds. The van der Waals surface area contributed by atoms with Gasteiger partial charge in [-0.25, -0.2) is 0 Å². The van der Waals surface area contributed by atoms with Crippen LogP contribution in [0, 0.1) is 11.3 Å². The average Bonchev–Trinajstić information content (AvgIpc) is 1.43. The van der Waals surface area contributed by atoms with Crippen LogP contribution in [0.4, 0.5) is 0 Å². The minimum atomic E-state index is -0.594. The van der Waals surface area contributed by atoms with E-state index in [1.54, 1.807) is 0 Å². The van der Waals surface area contributed by atoms with E-state index in [9.17, 15) is 5.26 Å². The Kier molecular flexibility index (Phi) is 11.4. The molecule has 0 aliphatic heterocycles. The molecule has 0 saturated heterocycles. The highest BCUT2D eigenvalue weighted by atomic mass is 15.1. The molecule has 3 heteroatoms. The van der Waals surface area contributed by atoms with Crippen molar-refractivity contribution in [2.45, 2.75) is 48.9 Å². The van der Waals surface area contributed by atoms with Crippen molar-refractivity contribution in [2.75, 3.05) is 0 Å². The third-order valence-electron chi connectivity index (χ3n) is 20.5. The first-order chi connectivity index (χ1) is 43.2. The Morgan fingerprint density at radius 3 is 1.39 bits per heavy atom. The molecule has 13 aromatic rings. The van der Waals surface area contributed by atoms with Gasteiger partial charge in [-0.2, -0.15) is 5.26 Å². The van der Waals surface area contributed by atoms with Crippen LogP contribution in [-0.4, -0.2) is 10.2 Å². The molecule has 0 N–H and O–H groups in total. The van der Waals surface area contributed by atoms with Crippen molar-refractivity contribution in [3.05, 3.63) is 369 Å². The molecule has 12 aromatic carbocycles. The topological polar surface area (TPSA) is 49.6 Å². The maximum atomic E-state index is 10.1. The number of nitriles is 1. The van der Waals surface area contributed by atoms with E-state index < -0.39 is 16.2 Å². The molecule has 0 bridgehead atoms. The standard InChI is InChI=1S/C85H59N3/c1-82(2)70-34-15-17-36-73(70)85(75-46-44-59(50-77(75)82)57-24-19-25-60(49-57)63-27-8-7-23-62(63)53-86)69-33-14-11-30-66(69)81-61(26-20-38-76(81)85)52-83(3)71-35-16-18-37-74(71)84(67-31-12-9-28-64(67)65-29-10-13-32-68(65)84)78-51-58(43-45-72(78)83)54-39-41-56(42-40-54)80-48-47-79(87-88-80)55-21-5-4-6-22-55/h4-51H,52H2,1-3H3. The molecule has 4 aliphatic rings. The zero-order chi connectivity index (χ0) is 58.9. The van der Waals surface area contributed by atoms with Gasteiger partial charge < -0.3 is 0 Å². The second-order valence-electron chi connectivity index (χ2n) is 25.2. The minimum absolute atomic E-state index is 0.325. The predicted octanol–water partition coefficient (Wildman–Crippen LogP) is 19.9. The molecule has 2 spiro atoms. The lowest BCUT2D eigenvalue weighted by Gasteiger charge is -2.48. The number of hydrogen-bond acceptors (Lipinski definition) is 3. The van der Waals surface area contributed by atoms with Gasteiger partial charge in [-0.05, 0) is 171 Å². The van der Waals surface area contributed by atoms with Crippen molar-refractivity contribution in [2.24, 2.45) is 0 Å². The van der Waals surface area contributed by atoms with E-state index in [2.05, 4.69) is 287 Å². The van der Waals surface area contributed by atoms with Gasteiger partial charge in [-0.15, -0.1) is 10.2 Å². The number of benzene rings is 12. The summed E-state index contributed by atoms with van der Waals surface area (Å²) in [5, 5.41) is 19.5. The van der Waals surface area contributed by atoms with Crippen molar-refractivity contribution in [3.8, 4) is 84.2 Å². The molecule has 0 saturated carbocycles. The van der Waals surface area contributed by atoms with E-state index in [0.29, 0.717) is 5.56 Å². The fourth-order valence-corrected chi connectivity index (χ4v) is 16.6. The molecule has 2 unspecified atom stereocenters. The van der Waals surface area contributed by atoms with E-state index in [4.69, 9.17) is 5.10 Å². The SMILES string of the molecule is CC1(C)c2ccccc2C2(c3ccccc3-c3c(CC4(C)c5ccccc5C5(c6ccccc6-c6ccccc65)c5cc(-c6ccc(-c7ccc(-c8ccccc8)nn7)cc6)ccc54)cccc32)c2ccc(-c3cccc(-c4ccccc4C#N)c3)cc21. The van der Waals surface area contributed by atoms with Gasteiger partial charge in [0.25, 0.3) is 0 Å². The van der Waals surface area contributed by atoms with Gasteiger partial charge in [0.2, 0.25) is 0 Å². The van der Waals surface area contributed by atoms with Crippen LogP contribution >= 0.6 is 0 Å². The lowest BCUT2D eigenvalue weighted by molar-refractivity contribution is 0.515. The fraction of sp³-hybridized carbons (Fsp3) is 0.0941. The van der Waals surface area contributed by atoms with Gasteiger partial charge in [0.1, 0.15) is 0 Å². The summed E-state index contributed by atoms with van der Waals surface area (Å²) in [5.41, 5.74) is 31.6. The number of hydrogen-bond donors (Lipinski definition) is 0. The first-order valence-corrected chi connectivity index (χ1v) is 30.7. The molecule has 4 aliphatic carbocycles. The van der Waals surface area contributed by atoms with Crippen LogP contribution in [0.25, 0.3) is 78.1 Å². The second kappa shape index (κ2) is 19.4. The van der Waals surface area contributed by atoms with Gasteiger partial charge in [0.05, 0.1) is 33.9 Å². The van der Waals surface area contributed by atoms with E-state index >= 15 is 0 Å². The van der Waals surface area contributed by atoms with Crippen molar-refractivity contribution in [3.63, 3.8) is 0 Å². The molecule has 1 heterocycles. The molecule has 0 fully saturated rings. The number of nitrogens with zero attached hydrogens (tertiary/aromatic N) is 3. The smallest absolute Gasteiger partial charge is 0.0998 e. The summed E-state index contributed by atoms with van der Waals surface area (Å²) in [6, 6.07) is 110. The highest BCUT2D eigenvalue weighted by molar-refractivity contribution is 5.93. The van der Waals surface area contributed by atoms with Crippen LogP contribution in [0.15, 0.2) is 291 Å². The summed E-state index contributed by atoms with van der Waals surface area (Å²) in [7, 11) is 0. The zero-order valence-corrected chi connectivity index (χ0v) is 49.3. The summed E-state index contributed by atoms with van der Waals surface area (Å²) in [6.07, 6.45) is 0.770. The maximum Gasteiger partial charge on any atom is 0.0998 e. The molecular weight excluding hydrogens is 1060 g/mol. The summed E-state index contributed by atoms with van der Waals surface area (Å²) < 4.78 is 0. The highest BCUT2D eigenvalue weighted by Gasteiger charge is 2.57. The largest absolute Gasteiger partial charge is 0.192 e. The first-order valence-electron chi connectivity index (χ1n) is 30.7. The number of fused-ring (bicyclic) bond motifs is 18. The average molecular weight is 1120 g/mol. The van der Waals surface area contributed by atoms with Crippen LogP contribution in [-0.2, 0) is 28.1 Å². The zero-order valence-electron chi connectivity index (χ0n) is 49.3. The van der Waals surface area contributed by atoms with E-state index in [0.717, 1.165) is 56.8 Å². The fourth-order valence-electron chi connectivity index (χ4n) is 16.6. The van der Waals surface area contributed by atoms with Crippen molar-refractivity contribution < 1.29 is 0 Å². The van der Waals surface area contributed by atoms with Gasteiger partial charge in [0, 0.05) is 22.0 Å². The Bertz CT molecular complexity index is 5020. The normalized spacial score (nSPS) is 17.1. The van der Waals surface area contributed by atoms with Gasteiger partial charge in [-0.3, -0.25) is 0 Å². The molecule has 17 rings (SSSR count). The van der Waals surface area contributed by atoms with E-state index in [-0.39, 0.29) is 5.41 Å². The lowest BCUT2D eigenvalue weighted by Crippen LogP contribution is -2.43. The first kappa shape index (κ1) is 51.6. The van der Waals surface area contributed by atoms with Crippen molar-refractivity contribution >= 4 is 0 Å². The molecule has 3 nitrogen and oxygen atoms in total. The molecular formula is C85H59N3. The molecule has 88 heavy (non-hydrogen) atoms. The second-order valence-corrected chi connectivity index (χ2v) is 25.2. The third kappa shape index (κ3) is 7.18. The minimum Gasteiger partial charge on any atom is -0.192 e. The molecule has 1 aromatic heterocycles. The predicted molar refractivity (Wildman–Crippen MR) is 357 cm³/mol. The van der Waals surface area contributed by atoms with Crippen LogP contribution in [0.5, 0.6) is 0 Å². The Balaban J connectivity index is 0.841. The van der Waals surface area contributed by atoms with Gasteiger partial charge >= 0.3 is 0 Å². The Morgan fingerprint density at radius 2 is 0.716 bits per heavy atom. The summed E-state index contributed by atoms with van der Waals surface area (Å²) in [4.78, 5) is 0. The molecule has 0 radical (unpaired) electrons. The Hall–Kier alpha value is -10.8. The summed E-state index contributed by atoms with van der Waals surface area (Å²) in [6.45, 7) is 7.35. The molecule has 414 valence electrons. The van der Waals surface area contributed by atoms with Crippen molar-refractivity contribution in [1.29, 1.82) is 5.26 Å². The molecule has 2 atom stereocenters. The quantitative estimate of drug-likeness (QED) is 0.160. The highest BCUT2D eigenvalue weighted by Crippen LogP contribution is 2.66. The maximum absolute atomic E-state index is 10.1. The monoisotopic (exact) mass is 1120 g/mol. The Labute approximate surface area is 514 Å². The summed E-state index contributed by atoms with van der Waals surface area (Å²) >= 11 is 0. The van der Waals surface area contributed by atoms with E-state index in [1.807, 2.05) is 36.4 Å². The van der Waals surface area contributed by atoms with Crippen LogP contribution in [0.1, 0.15) is 98.7 Å². The summed E-state index contributed by atoms with van der Waals surface area (Å²) in [5.74, 6) is 0. The Morgan fingerprint density at radius 1 is 0.295 bits per heavy atom.